The molecule has 0 spiro atoms. The van der Waals surface area contributed by atoms with Crippen LogP contribution in [0.25, 0.3) is 0 Å². The number of nitriles is 1. The molecule has 0 aliphatic carbocycles. The molecule has 0 atom stereocenters. The Hall–Kier alpha value is -2.39. The molecule has 1 N–H and O–H groups in total. The monoisotopic (exact) mass is 349 g/mol. The van der Waals surface area contributed by atoms with E-state index in [1.807, 2.05) is 6.07 Å². The first kappa shape index (κ1) is 15.0. The average Bonchev–Trinajstić information content (AvgIpc) is 2.45. The third-order valence-corrected chi connectivity index (χ3v) is 3.38. The van der Waals surface area contributed by atoms with Gasteiger partial charge in [-0.2, -0.15) is 5.26 Å². The van der Waals surface area contributed by atoms with Gasteiger partial charge in [-0.1, -0.05) is 6.07 Å². The van der Waals surface area contributed by atoms with E-state index in [0.717, 1.165) is 0 Å². The van der Waals surface area contributed by atoms with Gasteiger partial charge in [-0.15, -0.1) is 0 Å². The average molecular weight is 350 g/mol. The number of rotatable bonds is 4. The predicted octanol–water partition coefficient (Wildman–Crippen LogP) is 3.74. The molecule has 21 heavy (non-hydrogen) atoms. The van der Waals surface area contributed by atoms with Gasteiger partial charge in [0.25, 0.3) is 0 Å². The zero-order chi connectivity index (χ0) is 15.4. The van der Waals surface area contributed by atoms with Crippen LogP contribution in [0.15, 0.2) is 40.9 Å². The van der Waals surface area contributed by atoms with Crippen LogP contribution in [-0.2, 0) is 6.61 Å². The predicted molar refractivity (Wildman–Crippen MR) is 76.5 cm³/mol. The van der Waals surface area contributed by atoms with Gasteiger partial charge in [-0.3, -0.25) is 0 Å². The lowest BCUT2D eigenvalue weighted by molar-refractivity contribution is 0.0691. The van der Waals surface area contributed by atoms with Gasteiger partial charge >= 0.3 is 5.97 Å². The topological polar surface area (TPSA) is 70.3 Å². The van der Waals surface area contributed by atoms with Crippen molar-refractivity contribution in [1.29, 1.82) is 5.26 Å². The van der Waals surface area contributed by atoms with Gasteiger partial charge in [0, 0.05) is 5.56 Å². The van der Waals surface area contributed by atoms with E-state index in [-0.39, 0.29) is 23.5 Å². The normalized spacial score (nSPS) is 9.95. The van der Waals surface area contributed by atoms with E-state index in [0.29, 0.717) is 10.0 Å². The Balaban J connectivity index is 2.31. The van der Waals surface area contributed by atoms with Crippen molar-refractivity contribution in [3.8, 4) is 11.8 Å². The van der Waals surface area contributed by atoms with Crippen molar-refractivity contribution >= 4 is 21.9 Å². The number of nitrogens with zero attached hydrogens (tertiary/aromatic N) is 1. The van der Waals surface area contributed by atoms with Crippen LogP contribution in [-0.4, -0.2) is 11.1 Å². The molecule has 2 rings (SSSR count). The summed E-state index contributed by atoms with van der Waals surface area (Å²) in [7, 11) is 0. The second-order valence-electron chi connectivity index (χ2n) is 4.12. The van der Waals surface area contributed by atoms with Gasteiger partial charge in [0.15, 0.2) is 0 Å². The highest BCUT2D eigenvalue weighted by atomic mass is 79.9. The first-order chi connectivity index (χ1) is 10.0. The summed E-state index contributed by atoms with van der Waals surface area (Å²) < 4.78 is 19.2. The van der Waals surface area contributed by atoms with Gasteiger partial charge in [-0.05, 0) is 46.3 Å². The molecule has 0 aliphatic heterocycles. The van der Waals surface area contributed by atoms with Crippen molar-refractivity contribution in [1.82, 2.24) is 0 Å². The third-order valence-electron chi connectivity index (χ3n) is 2.76. The second-order valence-corrected chi connectivity index (χ2v) is 4.98. The molecule has 0 heterocycles. The van der Waals surface area contributed by atoms with Crippen molar-refractivity contribution in [3.63, 3.8) is 0 Å². The quantitative estimate of drug-likeness (QED) is 0.912. The van der Waals surface area contributed by atoms with Gasteiger partial charge in [-0.25, -0.2) is 9.18 Å². The van der Waals surface area contributed by atoms with Crippen molar-refractivity contribution < 1.29 is 19.0 Å². The number of hydrogen-bond acceptors (Lipinski definition) is 3. The minimum absolute atomic E-state index is 0.0146. The summed E-state index contributed by atoms with van der Waals surface area (Å²) in [5, 5.41) is 18.1. The second kappa shape index (κ2) is 6.37. The number of aromatic carboxylic acids is 1. The Morgan fingerprint density at radius 3 is 2.81 bits per heavy atom. The van der Waals surface area contributed by atoms with E-state index in [1.54, 1.807) is 12.1 Å². The Morgan fingerprint density at radius 1 is 1.38 bits per heavy atom. The SMILES string of the molecule is N#Cc1ccc(F)cc1COc1c(Br)cccc1C(=O)O. The zero-order valence-electron chi connectivity index (χ0n) is 10.6. The van der Waals surface area contributed by atoms with Crippen LogP contribution in [0.2, 0.25) is 0 Å². The Morgan fingerprint density at radius 2 is 2.14 bits per heavy atom. The summed E-state index contributed by atoms with van der Waals surface area (Å²) >= 11 is 3.21. The summed E-state index contributed by atoms with van der Waals surface area (Å²) in [5.41, 5.74) is 0.615. The molecule has 0 fully saturated rings. The number of ether oxygens (including phenoxy) is 1. The van der Waals surface area contributed by atoms with Crippen LogP contribution in [0, 0.1) is 17.1 Å². The first-order valence-corrected chi connectivity index (χ1v) is 6.65. The number of carbonyl (C=O) groups is 1. The lowest BCUT2D eigenvalue weighted by atomic mass is 10.1. The lowest BCUT2D eigenvalue weighted by Gasteiger charge is -2.12. The van der Waals surface area contributed by atoms with Crippen LogP contribution >= 0.6 is 15.9 Å². The molecule has 0 saturated heterocycles. The smallest absolute Gasteiger partial charge is 0.339 e. The van der Waals surface area contributed by atoms with Crippen molar-refractivity contribution in [2.75, 3.05) is 0 Å². The highest BCUT2D eigenvalue weighted by Gasteiger charge is 2.15. The number of carboxylic acid groups (broad SMARTS) is 1. The van der Waals surface area contributed by atoms with E-state index in [1.165, 1.54) is 24.3 Å². The molecule has 0 aliphatic rings. The molecule has 0 aromatic heterocycles. The first-order valence-electron chi connectivity index (χ1n) is 5.86. The fraction of sp³-hybridized carbons (Fsp3) is 0.0667. The van der Waals surface area contributed by atoms with Crippen molar-refractivity contribution in [2.24, 2.45) is 0 Å². The van der Waals surface area contributed by atoms with Gasteiger partial charge in [0.1, 0.15) is 23.7 Å². The van der Waals surface area contributed by atoms with Crippen LogP contribution in [0.1, 0.15) is 21.5 Å². The fourth-order valence-corrected chi connectivity index (χ4v) is 2.25. The highest BCUT2D eigenvalue weighted by molar-refractivity contribution is 9.10. The number of hydrogen-bond donors (Lipinski definition) is 1. The number of benzene rings is 2. The van der Waals surface area contributed by atoms with Gasteiger partial charge < -0.3 is 9.84 Å². The molecule has 0 radical (unpaired) electrons. The summed E-state index contributed by atoms with van der Waals surface area (Å²) in [4.78, 5) is 11.1. The van der Waals surface area contributed by atoms with E-state index in [4.69, 9.17) is 15.1 Å². The molecule has 6 heteroatoms. The number of para-hydroxylation sites is 1. The number of carboxylic acids is 1. The molecule has 0 unspecified atom stereocenters. The van der Waals surface area contributed by atoms with Crippen molar-refractivity contribution in [2.45, 2.75) is 6.61 Å². The van der Waals surface area contributed by atoms with E-state index in [9.17, 15) is 9.18 Å². The molecule has 0 amide bonds. The van der Waals surface area contributed by atoms with Crippen LogP contribution in [0.4, 0.5) is 4.39 Å². The maximum Gasteiger partial charge on any atom is 0.339 e. The van der Waals surface area contributed by atoms with Gasteiger partial charge in [0.05, 0.1) is 16.1 Å². The third kappa shape index (κ3) is 3.38. The Labute approximate surface area is 128 Å². The minimum atomic E-state index is -1.13. The standard InChI is InChI=1S/C15H9BrFNO3/c16-13-3-1-2-12(15(19)20)14(13)21-8-10-6-11(17)5-4-9(10)7-18/h1-6H,8H2,(H,19,20). The zero-order valence-corrected chi connectivity index (χ0v) is 12.2. The minimum Gasteiger partial charge on any atom is -0.487 e. The maximum atomic E-state index is 13.2. The van der Waals surface area contributed by atoms with E-state index in [2.05, 4.69) is 15.9 Å². The summed E-state index contributed by atoms with van der Waals surface area (Å²) in [6.45, 7) is -0.108. The molecular formula is C15H9BrFNO3. The maximum absolute atomic E-state index is 13.2. The largest absolute Gasteiger partial charge is 0.487 e. The molecule has 0 bridgehead atoms. The summed E-state index contributed by atoms with van der Waals surface area (Å²) in [5.74, 6) is -1.48. The molecule has 2 aromatic carbocycles. The van der Waals surface area contributed by atoms with Crippen molar-refractivity contribution in [3.05, 3.63) is 63.4 Å². The lowest BCUT2D eigenvalue weighted by Crippen LogP contribution is -2.05. The van der Waals surface area contributed by atoms with Crippen LogP contribution in [0.5, 0.6) is 5.75 Å². The summed E-state index contributed by atoms with van der Waals surface area (Å²) in [6, 6.07) is 10.3. The molecule has 0 saturated carbocycles. The molecule has 4 nitrogen and oxygen atoms in total. The number of halogens is 2. The van der Waals surface area contributed by atoms with Crippen LogP contribution < -0.4 is 4.74 Å². The highest BCUT2D eigenvalue weighted by Crippen LogP contribution is 2.30. The van der Waals surface area contributed by atoms with Gasteiger partial charge in [0.2, 0.25) is 0 Å². The molecular weight excluding hydrogens is 341 g/mol. The Bertz CT molecular complexity index is 740. The summed E-state index contributed by atoms with van der Waals surface area (Å²) in [6.07, 6.45) is 0. The Kier molecular flexibility index (Phi) is 4.55. The molecule has 106 valence electrons. The fourth-order valence-electron chi connectivity index (χ4n) is 1.76. The van der Waals surface area contributed by atoms with Crippen LogP contribution in [0.3, 0.4) is 0 Å². The van der Waals surface area contributed by atoms with E-state index < -0.39 is 11.8 Å². The van der Waals surface area contributed by atoms with E-state index >= 15 is 0 Å². The molecule has 2 aromatic rings.